The highest BCUT2D eigenvalue weighted by Crippen LogP contribution is 2.47. The zero-order valence-corrected chi connectivity index (χ0v) is 10.2. The van der Waals surface area contributed by atoms with Crippen molar-refractivity contribution in [1.29, 1.82) is 0 Å². The number of hydrogen-bond acceptors (Lipinski definition) is 3. The third-order valence-corrected chi connectivity index (χ3v) is 3.41. The molecule has 90 valence electrons. The summed E-state index contributed by atoms with van der Waals surface area (Å²) >= 11 is 0. The SMILES string of the molecule is CCNC(C)C(O)c1ccc(C2CC2C)o1. The predicted octanol–water partition coefficient (Wildman–Crippen LogP) is 2.43. The number of nitrogens with one attached hydrogen (secondary N) is 1. The number of aliphatic hydroxyl groups is 1. The molecule has 4 atom stereocenters. The summed E-state index contributed by atoms with van der Waals surface area (Å²) in [6.45, 7) is 7.08. The molecule has 0 saturated heterocycles. The molecule has 1 saturated carbocycles. The van der Waals surface area contributed by atoms with Crippen LogP contribution in [0.5, 0.6) is 0 Å². The maximum Gasteiger partial charge on any atom is 0.134 e. The summed E-state index contributed by atoms with van der Waals surface area (Å²) < 4.78 is 5.72. The van der Waals surface area contributed by atoms with Gasteiger partial charge in [0.25, 0.3) is 0 Å². The highest BCUT2D eigenvalue weighted by atomic mass is 16.4. The van der Waals surface area contributed by atoms with E-state index in [0.29, 0.717) is 11.7 Å². The fourth-order valence-electron chi connectivity index (χ4n) is 2.13. The Bertz CT molecular complexity index is 347. The van der Waals surface area contributed by atoms with Gasteiger partial charge in [-0.15, -0.1) is 0 Å². The van der Waals surface area contributed by atoms with Gasteiger partial charge < -0.3 is 14.8 Å². The Morgan fingerprint density at radius 3 is 2.81 bits per heavy atom. The Kier molecular flexibility index (Phi) is 3.36. The maximum absolute atomic E-state index is 10.0. The van der Waals surface area contributed by atoms with E-state index in [0.717, 1.165) is 18.2 Å². The molecular weight excluding hydrogens is 202 g/mol. The van der Waals surface area contributed by atoms with Crippen molar-refractivity contribution in [3.63, 3.8) is 0 Å². The molecule has 1 fully saturated rings. The first-order chi connectivity index (χ1) is 7.63. The van der Waals surface area contributed by atoms with Crippen molar-refractivity contribution in [3.05, 3.63) is 23.7 Å². The summed E-state index contributed by atoms with van der Waals surface area (Å²) in [7, 11) is 0. The number of hydrogen-bond donors (Lipinski definition) is 2. The summed E-state index contributed by atoms with van der Waals surface area (Å²) in [5.74, 6) is 3.03. The molecule has 3 heteroatoms. The number of likely N-dealkylation sites (N-methyl/N-ethyl adjacent to an activating group) is 1. The summed E-state index contributed by atoms with van der Waals surface area (Å²) in [4.78, 5) is 0. The molecule has 2 N–H and O–H groups in total. The lowest BCUT2D eigenvalue weighted by Gasteiger charge is -2.17. The standard InChI is InChI=1S/C13H21NO2/c1-4-14-9(3)13(15)12-6-5-11(16-12)10-7-8(10)2/h5-6,8-10,13-15H,4,7H2,1-3H3. The lowest BCUT2D eigenvalue weighted by atomic mass is 10.1. The molecule has 0 bridgehead atoms. The summed E-state index contributed by atoms with van der Waals surface area (Å²) in [6, 6.07) is 3.94. The van der Waals surface area contributed by atoms with Gasteiger partial charge >= 0.3 is 0 Å². The third-order valence-electron chi connectivity index (χ3n) is 3.41. The third kappa shape index (κ3) is 2.30. The van der Waals surface area contributed by atoms with Crippen LogP contribution in [-0.2, 0) is 0 Å². The van der Waals surface area contributed by atoms with Crippen LogP contribution in [0.4, 0.5) is 0 Å². The number of furan rings is 1. The average molecular weight is 223 g/mol. The van der Waals surface area contributed by atoms with Gasteiger partial charge in [-0.3, -0.25) is 0 Å². The highest BCUT2D eigenvalue weighted by molar-refractivity contribution is 5.19. The van der Waals surface area contributed by atoms with Gasteiger partial charge in [0.05, 0.1) is 0 Å². The van der Waals surface area contributed by atoms with Crippen LogP contribution in [0.1, 0.15) is 50.7 Å². The fourth-order valence-corrected chi connectivity index (χ4v) is 2.13. The molecule has 1 aliphatic rings. The first kappa shape index (κ1) is 11.7. The van der Waals surface area contributed by atoms with E-state index in [9.17, 15) is 5.11 Å². The van der Waals surface area contributed by atoms with Crippen LogP contribution in [0.15, 0.2) is 16.5 Å². The lowest BCUT2D eigenvalue weighted by molar-refractivity contribution is 0.111. The van der Waals surface area contributed by atoms with Crippen LogP contribution >= 0.6 is 0 Å². The predicted molar refractivity (Wildman–Crippen MR) is 63.3 cm³/mol. The van der Waals surface area contributed by atoms with Gasteiger partial charge in [0.15, 0.2) is 0 Å². The summed E-state index contributed by atoms with van der Waals surface area (Å²) in [6.07, 6.45) is 0.661. The van der Waals surface area contributed by atoms with Gasteiger partial charge in [-0.05, 0) is 37.9 Å². The highest BCUT2D eigenvalue weighted by Gasteiger charge is 2.37. The minimum Gasteiger partial charge on any atom is -0.463 e. The van der Waals surface area contributed by atoms with Crippen molar-refractivity contribution in [2.75, 3.05) is 6.54 Å². The zero-order valence-electron chi connectivity index (χ0n) is 10.2. The lowest BCUT2D eigenvalue weighted by Crippen LogP contribution is -2.31. The molecule has 1 aromatic rings. The second-order valence-electron chi connectivity index (χ2n) is 4.85. The molecule has 0 spiro atoms. The van der Waals surface area contributed by atoms with Crippen LogP contribution < -0.4 is 5.32 Å². The zero-order chi connectivity index (χ0) is 11.7. The Hall–Kier alpha value is -0.800. The molecule has 0 aliphatic heterocycles. The van der Waals surface area contributed by atoms with Gasteiger partial charge in [0.1, 0.15) is 17.6 Å². The molecule has 1 aliphatic carbocycles. The van der Waals surface area contributed by atoms with Crippen molar-refractivity contribution < 1.29 is 9.52 Å². The van der Waals surface area contributed by atoms with Crippen LogP contribution in [-0.4, -0.2) is 17.7 Å². The molecule has 0 aromatic carbocycles. The molecule has 2 rings (SSSR count). The maximum atomic E-state index is 10.0. The van der Waals surface area contributed by atoms with Crippen LogP contribution in [0, 0.1) is 5.92 Å². The Morgan fingerprint density at radius 1 is 1.56 bits per heavy atom. The molecule has 4 unspecified atom stereocenters. The van der Waals surface area contributed by atoms with E-state index in [1.807, 2.05) is 26.0 Å². The molecule has 3 nitrogen and oxygen atoms in total. The van der Waals surface area contributed by atoms with Crippen LogP contribution in [0.3, 0.4) is 0 Å². The topological polar surface area (TPSA) is 45.4 Å². The number of rotatable bonds is 5. The Labute approximate surface area is 96.8 Å². The second-order valence-corrected chi connectivity index (χ2v) is 4.85. The van der Waals surface area contributed by atoms with Gasteiger partial charge in [-0.25, -0.2) is 0 Å². The Morgan fingerprint density at radius 2 is 2.25 bits per heavy atom. The minimum absolute atomic E-state index is 0.0284. The van der Waals surface area contributed by atoms with E-state index in [1.54, 1.807) is 0 Å². The normalized spacial score (nSPS) is 27.8. The van der Waals surface area contributed by atoms with Crippen molar-refractivity contribution in [2.45, 2.75) is 45.3 Å². The van der Waals surface area contributed by atoms with Crippen molar-refractivity contribution in [3.8, 4) is 0 Å². The molecule has 1 aromatic heterocycles. The molecular formula is C13H21NO2. The van der Waals surface area contributed by atoms with E-state index in [1.165, 1.54) is 6.42 Å². The summed E-state index contributed by atoms with van der Waals surface area (Å²) in [5.41, 5.74) is 0. The van der Waals surface area contributed by atoms with Gasteiger partial charge in [-0.2, -0.15) is 0 Å². The molecule has 0 radical (unpaired) electrons. The minimum atomic E-state index is -0.553. The molecule has 0 amide bonds. The first-order valence-electron chi connectivity index (χ1n) is 6.14. The Balaban J connectivity index is 2.00. The van der Waals surface area contributed by atoms with Crippen molar-refractivity contribution >= 4 is 0 Å². The summed E-state index contributed by atoms with van der Waals surface area (Å²) in [5, 5.41) is 13.2. The van der Waals surface area contributed by atoms with Crippen molar-refractivity contribution in [2.24, 2.45) is 5.92 Å². The van der Waals surface area contributed by atoms with E-state index in [4.69, 9.17) is 4.42 Å². The quantitative estimate of drug-likeness (QED) is 0.806. The van der Waals surface area contributed by atoms with Gasteiger partial charge in [0.2, 0.25) is 0 Å². The van der Waals surface area contributed by atoms with E-state index in [2.05, 4.69) is 12.2 Å². The second kappa shape index (κ2) is 4.60. The largest absolute Gasteiger partial charge is 0.463 e. The van der Waals surface area contributed by atoms with E-state index < -0.39 is 6.10 Å². The smallest absolute Gasteiger partial charge is 0.134 e. The van der Waals surface area contributed by atoms with E-state index >= 15 is 0 Å². The first-order valence-corrected chi connectivity index (χ1v) is 6.14. The van der Waals surface area contributed by atoms with Gasteiger partial charge in [-0.1, -0.05) is 13.8 Å². The monoisotopic (exact) mass is 223 g/mol. The molecule has 1 heterocycles. The van der Waals surface area contributed by atoms with E-state index in [-0.39, 0.29) is 6.04 Å². The van der Waals surface area contributed by atoms with Crippen LogP contribution in [0.2, 0.25) is 0 Å². The van der Waals surface area contributed by atoms with Crippen LogP contribution in [0.25, 0.3) is 0 Å². The molecule has 16 heavy (non-hydrogen) atoms. The van der Waals surface area contributed by atoms with Crippen molar-refractivity contribution in [1.82, 2.24) is 5.32 Å². The van der Waals surface area contributed by atoms with Gasteiger partial charge in [0, 0.05) is 12.0 Å². The fraction of sp³-hybridized carbons (Fsp3) is 0.692. The average Bonchev–Trinajstić information content (AvgIpc) is 2.82. The number of aliphatic hydroxyl groups excluding tert-OH is 1.